The molecular formula is C11H18N2O2. The highest BCUT2D eigenvalue weighted by atomic mass is 16.5. The van der Waals surface area contributed by atoms with Crippen LogP contribution in [0.15, 0.2) is 12.4 Å². The number of carbonyl (C=O) groups is 1. The molecule has 0 aromatic carbocycles. The van der Waals surface area contributed by atoms with Crippen LogP contribution in [0.25, 0.3) is 0 Å². The first-order valence-corrected chi connectivity index (χ1v) is 5.41. The Morgan fingerprint density at radius 3 is 2.93 bits per heavy atom. The first-order valence-electron chi connectivity index (χ1n) is 5.41. The van der Waals surface area contributed by atoms with Crippen LogP contribution in [0.4, 0.5) is 0 Å². The molecule has 4 heteroatoms. The lowest BCUT2D eigenvalue weighted by atomic mass is 10.2. The van der Waals surface area contributed by atoms with E-state index in [9.17, 15) is 4.79 Å². The molecule has 0 fully saturated rings. The summed E-state index contributed by atoms with van der Waals surface area (Å²) in [6.45, 7) is 6.06. The minimum absolute atomic E-state index is 0.135. The number of ether oxygens (including phenoxy) is 1. The van der Waals surface area contributed by atoms with Gasteiger partial charge in [0.05, 0.1) is 24.9 Å². The number of Topliss-reactive ketones (excluding diaryl/α,β-unsaturated/α-hetero) is 1. The molecule has 0 amide bonds. The predicted octanol–water partition coefficient (Wildman–Crippen LogP) is 1.90. The van der Waals surface area contributed by atoms with Gasteiger partial charge in [0.25, 0.3) is 0 Å². The van der Waals surface area contributed by atoms with Crippen LogP contribution in [0, 0.1) is 0 Å². The molecule has 4 nitrogen and oxygen atoms in total. The Kier molecular flexibility index (Phi) is 5.04. The van der Waals surface area contributed by atoms with Crippen molar-refractivity contribution in [2.24, 2.45) is 0 Å². The molecule has 1 rings (SSSR count). The van der Waals surface area contributed by atoms with Gasteiger partial charge in [-0.15, -0.1) is 0 Å². The van der Waals surface area contributed by atoms with E-state index >= 15 is 0 Å². The van der Waals surface area contributed by atoms with Crippen LogP contribution in [-0.4, -0.2) is 28.8 Å². The van der Waals surface area contributed by atoms with Gasteiger partial charge in [0.15, 0.2) is 5.78 Å². The molecule has 0 radical (unpaired) electrons. The molecule has 0 aliphatic carbocycles. The van der Waals surface area contributed by atoms with Crippen molar-refractivity contribution in [3.8, 4) is 0 Å². The largest absolute Gasteiger partial charge is 0.380 e. The summed E-state index contributed by atoms with van der Waals surface area (Å²) in [5.41, 5.74) is 0.688. The molecule has 0 spiro atoms. The van der Waals surface area contributed by atoms with Crippen LogP contribution in [-0.2, 0) is 11.3 Å². The van der Waals surface area contributed by atoms with Crippen molar-refractivity contribution in [2.75, 3.05) is 13.2 Å². The highest BCUT2D eigenvalue weighted by Gasteiger charge is 2.05. The Hall–Kier alpha value is -1.16. The number of aromatic nitrogens is 2. The molecule has 0 aliphatic heterocycles. The molecule has 0 atom stereocenters. The maximum absolute atomic E-state index is 11.3. The number of hydrogen-bond donors (Lipinski definition) is 0. The van der Waals surface area contributed by atoms with Crippen molar-refractivity contribution in [2.45, 2.75) is 33.2 Å². The Balaban J connectivity index is 2.36. The van der Waals surface area contributed by atoms with Gasteiger partial charge in [-0.1, -0.05) is 13.8 Å². The van der Waals surface area contributed by atoms with Gasteiger partial charge in [-0.05, 0) is 6.42 Å². The molecule has 0 unspecified atom stereocenters. The minimum atomic E-state index is 0.135. The first-order chi connectivity index (χ1) is 7.27. The van der Waals surface area contributed by atoms with Crippen molar-refractivity contribution in [1.29, 1.82) is 0 Å². The van der Waals surface area contributed by atoms with Crippen LogP contribution in [0.2, 0.25) is 0 Å². The Bertz CT molecular complexity index is 307. The lowest BCUT2D eigenvalue weighted by Crippen LogP contribution is -2.06. The average Bonchev–Trinajstić information content (AvgIpc) is 2.72. The monoisotopic (exact) mass is 210 g/mol. The lowest BCUT2D eigenvalue weighted by molar-refractivity contribution is 0.0987. The van der Waals surface area contributed by atoms with Crippen molar-refractivity contribution < 1.29 is 9.53 Å². The molecular weight excluding hydrogens is 192 g/mol. The number of hydrogen-bond acceptors (Lipinski definition) is 3. The second kappa shape index (κ2) is 6.35. The maximum Gasteiger partial charge on any atom is 0.165 e. The fourth-order valence-electron chi connectivity index (χ4n) is 1.24. The highest BCUT2D eigenvalue weighted by molar-refractivity contribution is 5.95. The van der Waals surface area contributed by atoms with Gasteiger partial charge in [0.2, 0.25) is 0 Å². The third kappa shape index (κ3) is 3.83. The summed E-state index contributed by atoms with van der Waals surface area (Å²) in [5, 5.41) is 4.10. The molecule has 1 aromatic heterocycles. The standard InChI is InChI=1S/C11H18N2O2/c1-3-6-15-7-5-13-9-10(8-12-13)11(14)4-2/h8-9H,3-7H2,1-2H3. The maximum atomic E-state index is 11.3. The van der Waals surface area contributed by atoms with Crippen LogP contribution in [0.5, 0.6) is 0 Å². The topological polar surface area (TPSA) is 44.1 Å². The van der Waals surface area contributed by atoms with E-state index in [2.05, 4.69) is 12.0 Å². The van der Waals surface area contributed by atoms with Crippen molar-refractivity contribution >= 4 is 5.78 Å². The molecule has 0 saturated carbocycles. The van der Waals surface area contributed by atoms with Gasteiger partial charge < -0.3 is 4.74 Å². The van der Waals surface area contributed by atoms with Gasteiger partial charge in [-0.2, -0.15) is 5.10 Å². The van der Waals surface area contributed by atoms with Crippen LogP contribution in [0.3, 0.4) is 0 Å². The van der Waals surface area contributed by atoms with Gasteiger partial charge >= 0.3 is 0 Å². The van der Waals surface area contributed by atoms with Gasteiger partial charge in [-0.25, -0.2) is 0 Å². The minimum Gasteiger partial charge on any atom is -0.380 e. The zero-order valence-corrected chi connectivity index (χ0v) is 9.40. The summed E-state index contributed by atoms with van der Waals surface area (Å²) >= 11 is 0. The molecule has 0 bridgehead atoms. The Labute approximate surface area is 90.2 Å². The molecule has 1 heterocycles. The summed E-state index contributed by atoms with van der Waals surface area (Å²) in [6.07, 6.45) is 4.95. The lowest BCUT2D eigenvalue weighted by Gasteiger charge is -2.01. The summed E-state index contributed by atoms with van der Waals surface area (Å²) in [6, 6.07) is 0. The van der Waals surface area contributed by atoms with E-state index in [0.29, 0.717) is 25.1 Å². The fourth-order valence-corrected chi connectivity index (χ4v) is 1.24. The Morgan fingerprint density at radius 2 is 2.27 bits per heavy atom. The number of rotatable bonds is 7. The molecule has 0 saturated heterocycles. The summed E-state index contributed by atoms with van der Waals surface area (Å²) in [7, 11) is 0. The SMILES string of the molecule is CCCOCCn1cc(C(=O)CC)cn1. The smallest absolute Gasteiger partial charge is 0.165 e. The highest BCUT2D eigenvalue weighted by Crippen LogP contribution is 2.01. The van der Waals surface area contributed by atoms with Gasteiger partial charge in [-0.3, -0.25) is 9.48 Å². The molecule has 0 aliphatic rings. The molecule has 1 aromatic rings. The molecule has 15 heavy (non-hydrogen) atoms. The zero-order valence-electron chi connectivity index (χ0n) is 9.40. The summed E-state index contributed by atoms with van der Waals surface area (Å²) in [4.78, 5) is 11.3. The third-order valence-corrected chi connectivity index (χ3v) is 2.09. The van der Waals surface area contributed by atoms with Crippen LogP contribution >= 0.6 is 0 Å². The number of nitrogens with zero attached hydrogens (tertiary/aromatic N) is 2. The van der Waals surface area contributed by atoms with E-state index < -0.39 is 0 Å². The van der Waals surface area contributed by atoms with E-state index in [1.807, 2.05) is 6.92 Å². The molecule has 84 valence electrons. The van der Waals surface area contributed by atoms with Crippen molar-refractivity contribution in [3.05, 3.63) is 18.0 Å². The average molecular weight is 210 g/mol. The second-order valence-corrected chi connectivity index (χ2v) is 3.38. The number of carbonyl (C=O) groups excluding carboxylic acids is 1. The third-order valence-electron chi connectivity index (χ3n) is 2.09. The van der Waals surface area contributed by atoms with E-state index in [1.165, 1.54) is 0 Å². The van der Waals surface area contributed by atoms with Crippen molar-refractivity contribution in [3.63, 3.8) is 0 Å². The fraction of sp³-hybridized carbons (Fsp3) is 0.636. The normalized spacial score (nSPS) is 10.5. The van der Waals surface area contributed by atoms with Gasteiger partial charge in [0, 0.05) is 19.2 Å². The van der Waals surface area contributed by atoms with Crippen molar-refractivity contribution in [1.82, 2.24) is 9.78 Å². The molecule has 0 N–H and O–H groups in total. The quantitative estimate of drug-likeness (QED) is 0.510. The van der Waals surface area contributed by atoms with Crippen LogP contribution < -0.4 is 0 Å². The van der Waals surface area contributed by atoms with Gasteiger partial charge in [0.1, 0.15) is 0 Å². The van der Waals surface area contributed by atoms with Crippen LogP contribution in [0.1, 0.15) is 37.0 Å². The van der Waals surface area contributed by atoms with E-state index in [1.54, 1.807) is 17.1 Å². The second-order valence-electron chi connectivity index (χ2n) is 3.38. The van der Waals surface area contributed by atoms with E-state index in [4.69, 9.17) is 4.74 Å². The summed E-state index contributed by atoms with van der Waals surface area (Å²) < 4.78 is 7.09. The predicted molar refractivity (Wildman–Crippen MR) is 58.0 cm³/mol. The Morgan fingerprint density at radius 1 is 1.47 bits per heavy atom. The number of ketones is 1. The zero-order chi connectivity index (χ0) is 11.1. The first kappa shape index (κ1) is 11.9. The van der Waals surface area contributed by atoms with E-state index in [-0.39, 0.29) is 5.78 Å². The van der Waals surface area contributed by atoms with E-state index in [0.717, 1.165) is 13.0 Å². The summed E-state index contributed by atoms with van der Waals surface area (Å²) in [5.74, 6) is 0.135.